The summed E-state index contributed by atoms with van der Waals surface area (Å²) >= 11 is 0. The van der Waals surface area contributed by atoms with Gasteiger partial charge in [-0.2, -0.15) is 0 Å². The fourth-order valence-electron chi connectivity index (χ4n) is 4.64. The van der Waals surface area contributed by atoms with Gasteiger partial charge in [-0.15, -0.1) is 0 Å². The summed E-state index contributed by atoms with van der Waals surface area (Å²) in [5, 5.41) is 2.97. The van der Waals surface area contributed by atoms with Gasteiger partial charge in [-0.05, 0) is 74.4 Å². The molecule has 190 valence electrons. The highest BCUT2D eigenvalue weighted by Gasteiger charge is 2.21. The quantitative estimate of drug-likeness (QED) is 0.362. The summed E-state index contributed by atoms with van der Waals surface area (Å²) in [6, 6.07) is 12.7. The molecular weight excluding hydrogens is 462 g/mol. The summed E-state index contributed by atoms with van der Waals surface area (Å²) in [4.78, 5) is 26.4. The van der Waals surface area contributed by atoms with Gasteiger partial charge in [0, 0.05) is 37.3 Å². The molecule has 1 aliphatic heterocycles. The second kappa shape index (κ2) is 12.4. The van der Waals surface area contributed by atoms with E-state index < -0.39 is 10.0 Å². The van der Waals surface area contributed by atoms with Crippen molar-refractivity contribution in [2.24, 2.45) is 11.8 Å². The molecule has 3 rings (SSSR count). The van der Waals surface area contributed by atoms with E-state index in [9.17, 15) is 18.0 Å². The minimum absolute atomic E-state index is 0.0998. The predicted molar refractivity (Wildman–Crippen MR) is 138 cm³/mol. The summed E-state index contributed by atoms with van der Waals surface area (Å²) in [5.41, 5.74) is 1.76. The Labute approximate surface area is 209 Å². The lowest BCUT2D eigenvalue weighted by molar-refractivity contribution is 0.0950. The largest absolute Gasteiger partial charge is 0.352 e. The van der Waals surface area contributed by atoms with Crippen LogP contribution in [0, 0.1) is 11.8 Å². The number of amides is 1. The van der Waals surface area contributed by atoms with Crippen molar-refractivity contribution in [1.82, 2.24) is 14.9 Å². The van der Waals surface area contributed by atoms with Crippen LogP contribution in [-0.2, 0) is 16.6 Å². The Hall–Kier alpha value is -2.55. The lowest BCUT2D eigenvalue weighted by Crippen LogP contribution is -2.39. The third-order valence-electron chi connectivity index (χ3n) is 6.38. The summed E-state index contributed by atoms with van der Waals surface area (Å²) in [6.07, 6.45) is 3.32. The van der Waals surface area contributed by atoms with Crippen molar-refractivity contribution >= 4 is 21.7 Å². The first-order valence-corrected chi connectivity index (χ1v) is 13.8. The number of rotatable bonds is 11. The molecule has 2 aromatic rings. The van der Waals surface area contributed by atoms with Crippen molar-refractivity contribution in [1.29, 1.82) is 0 Å². The Kier molecular flexibility index (Phi) is 9.60. The van der Waals surface area contributed by atoms with Gasteiger partial charge in [-0.1, -0.05) is 38.1 Å². The zero-order valence-electron chi connectivity index (χ0n) is 20.9. The Bertz CT molecular complexity index is 1090. The van der Waals surface area contributed by atoms with Crippen LogP contribution in [0.3, 0.4) is 0 Å². The molecule has 8 heteroatoms. The average Bonchev–Trinajstić information content (AvgIpc) is 2.82. The molecule has 0 bridgehead atoms. The SMILES string of the molecule is CC(=O)c1ccc(S(=O)(=O)NCc2ccc(C(=O)NCCCCN3CC(C)CC(C)C3)cc2)cc1. The number of hydrogen-bond donors (Lipinski definition) is 2. The van der Waals surface area contributed by atoms with Gasteiger partial charge in [0.1, 0.15) is 0 Å². The first-order chi connectivity index (χ1) is 16.6. The lowest BCUT2D eigenvalue weighted by Gasteiger charge is -2.34. The smallest absolute Gasteiger partial charge is 0.251 e. The van der Waals surface area contributed by atoms with Gasteiger partial charge in [-0.3, -0.25) is 9.59 Å². The second-order valence-electron chi connectivity index (χ2n) is 9.77. The number of nitrogens with zero attached hydrogens (tertiary/aromatic N) is 1. The van der Waals surface area contributed by atoms with E-state index in [0.717, 1.165) is 36.8 Å². The first-order valence-electron chi connectivity index (χ1n) is 12.3. The molecule has 35 heavy (non-hydrogen) atoms. The van der Waals surface area contributed by atoms with E-state index in [0.29, 0.717) is 17.7 Å². The molecule has 1 fully saturated rings. The number of likely N-dealkylation sites (tertiary alicyclic amines) is 1. The summed E-state index contributed by atoms with van der Waals surface area (Å²) < 4.78 is 27.6. The molecule has 0 radical (unpaired) electrons. The predicted octanol–water partition coefficient (Wildman–Crippen LogP) is 3.86. The molecule has 0 saturated carbocycles. The Balaban J connectivity index is 1.40. The molecule has 0 aliphatic carbocycles. The van der Waals surface area contributed by atoms with Crippen molar-refractivity contribution in [3.8, 4) is 0 Å². The number of nitrogens with one attached hydrogen (secondary N) is 2. The number of piperidine rings is 1. The average molecular weight is 500 g/mol. The molecule has 7 nitrogen and oxygen atoms in total. The number of unbranched alkanes of at least 4 members (excludes halogenated alkanes) is 1. The van der Waals surface area contributed by atoms with E-state index >= 15 is 0 Å². The van der Waals surface area contributed by atoms with Crippen molar-refractivity contribution < 1.29 is 18.0 Å². The minimum Gasteiger partial charge on any atom is -0.352 e. The highest BCUT2D eigenvalue weighted by Crippen LogP contribution is 2.21. The fourth-order valence-corrected chi connectivity index (χ4v) is 5.66. The molecule has 1 saturated heterocycles. The molecule has 1 amide bonds. The normalized spacial score (nSPS) is 18.8. The zero-order chi connectivity index (χ0) is 25.4. The number of Topliss-reactive ketones (excluding diaryl/α,β-unsaturated/α-hetero) is 1. The maximum absolute atomic E-state index is 12.5. The highest BCUT2D eigenvalue weighted by molar-refractivity contribution is 7.89. The highest BCUT2D eigenvalue weighted by atomic mass is 32.2. The van der Waals surface area contributed by atoms with E-state index in [4.69, 9.17) is 0 Å². The van der Waals surface area contributed by atoms with Crippen LogP contribution in [-0.4, -0.2) is 51.2 Å². The maximum Gasteiger partial charge on any atom is 0.251 e. The number of sulfonamides is 1. The number of ketones is 1. The molecule has 0 spiro atoms. The molecule has 2 atom stereocenters. The topological polar surface area (TPSA) is 95.6 Å². The van der Waals surface area contributed by atoms with E-state index in [-0.39, 0.29) is 23.1 Å². The van der Waals surface area contributed by atoms with Gasteiger partial charge in [-0.25, -0.2) is 13.1 Å². The van der Waals surface area contributed by atoms with E-state index in [1.807, 2.05) is 0 Å². The van der Waals surface area contributed by atoms with Gasteiger partial charge < -0.3 is 10.2 Å². The van der Waals surface area contributed by atoms with E-state index in [2.05, 4.69) is 28.8 Å². The summed E-state index contributed by atoms with van der Waals surface area (Å²) in [5.74, 6) is 1.28. The molecule has 2 N–H and O–H groups in total. The van der Waals surface area contributed by atoms with Crippen molar-refractivity contribution in [3.63, 3.8) is 0 Å². The maximum atomic E-state index is 12.5. The molecule has 2 aromatic carbocycles. The summed E-state index contributed by atoms with van der Waals surface area (Å²) in [7, 11) is -3.70. The Morgan fingerprint density at radius 3 is 2.11 bits per heavy atom. The van der Waals surface area contributed by atoms with E-state index in [1.54, 1.807) is 24.3 Å². The molecule has 1 heterocycles. The lowest BCUT2D eigenvalue weighted by atomic mass is 9.92. The third kappa shape index (κ3) is 8.26. The van der Waals surface area contributed by atoms with Crippen molar-refractivity contribution in [3.05, 3.63) is 65.2 Å². The van der Waals surface area contributed by atoms with Crippen molar-refractivity contribution in [2.75, 3.05) is 26.2 Å². The Morgan fingerprint density at radius 2 is 1.51 bits per heavy atom. The van der Waals surface area contributed by atoms with Crippen LogP contribution in [0.15, 0.2) is 53.4 Å². The van der Waals surface area contributed by atoms with Gasteiger partial charge in [0.05, 0.1) is 4.90 Å². The van der Waals surface area contributed by atoms with Crippen LogP contribution in [0.1, 0.15) is 66.3 Å². The van der Waals surface area contributed by atoms with Crippen LogP contribution in [0.5, 0.6) is 0 Å². The van der Waals surface area contributed by atoms with Gasteiger partial charge in [0.2, 0.25) is 10.0 Å². The third-order valence-corrected chi connectivity index (χ3v) is 7.80. The van der Waals surface area contributed by atoms with E-state index in [1.165, 1.54) is 50.7 Å². The van der Waals surface area contributed by atoms with Crippen molar-refractivity contribution in [2.45, 2.75) is 51.5 Å². The first kappa shape index (κ1) is 27.0. The number of hydrogen-bond acceptors (Lipinski definition) is 5. The van der Waals surface area contributed by atoms with Crippen LogP contribution < -0.4 is 10.0 Å². The number of carbonyl (C=O) groups is 2. The van der Waals surface area contributed by atoms with Crippen LogP contribution in [0.2, 0.25) is 0 Å². The molecule has 2 unspecified atom stereocenters. The zero-order valence-corrected chi connectivity index (χ0v) is 21.7. The van der Waals surface area contributed by atoms with Crippen LogP contribution >= 0.6 is 0 Å². The fraction of sp³-hybridized carbons (Fsp3) is 0.481. The standard InChI is InChI=1S/C27H37N3O4S/c1-20-16-21(2)19-30(18-20)15-5-4-14-28-27(32)25-8-6-23(7-9-25)17-29-35(33,34)26-12-10-24(11-13-26)22(3)31/h6-13,20-21,29H,4-5,14-19H2,1-3H3,(H,28,32). The summed E-state index contributed by atoms with van der Waals surface area (Å²) in [6.45, 7) is 10.2. The minimum atomic E-state index is -3.70. The number of carbonyl (C=O) groups excluding carboxylic acids is 2. The van der Waals surface area contributed by atoms with Gasteiger partial charge in [0.25, 0.3) is 5.91 Å². The van der Waals surface area contributed by atoms with Gasteiger partial charge >= 0.3 is 0 Å². The molecule has 0 aromatic heterocycles. The monoisotopic (exact) mass is 499 g/mol. The second-order valence-corrected chi connectivity index (χ2v) is 11.5. The van der Waals surface area contributed by atoms with Gasteiger partial charge in [0.15, 0.2) is 5.78 Å². The molecule has 1 aliphatic rings. The molecular formula is C27H37N3O4S. The van der Waals surface area contributed by atoms with Crippen LogP contribution in [0.25, 0.3) is 0 Å². The van der Waals surface area contributed by atoms with Crippen LogP contribution in [0.4, 0.5) is 0 Å². The number of benzene rings is 2. The Morgan fingerprint density at radius 1 is 0.914 bits per heavy atom.